The Morgan fingerprint density at radius 1 is 1.06 bits per heavy atom. The molecule has 2 aromatic carbocycles. The van der Waals surface area contributed by atoms with Gasteiger partial charge in [-0.2, -0.15) is 0 Å². The van der Waals surface area contributed by atoms with Gasteiger partial charge < -0.3 is 5.32 Å². The van der Waals surface area contributed by atoms with Crippen molar-refractivity contribution >= 4 is 75.5 Å². The lowest BCUT2D eigenvalue weighted by atomic mass is 10.1. The van der Waals surface area contributed by atoms with E-state index in [-0.39, 0.29) is 28.0 Å². The second kappa shape index (κ2) is 9.82. The maximum Gasteiger partial charge on any atom is 0.271 e. The lowest BCUT2D eigenvalue weighted by molar-refractivity contribution is -0.130. The van der Waals surface area contributed by atoms with Gasteiger partial charge in [-0.05, 0) is 61.6 Å². The lowest BCUT2D eigenvalue weighted by Crippen LogP contribution is -2.49. The highest BCUT2D eigenvalue weighted by Gasteiger charge is 2.44. The Morgan fingerprint density at radius 2 is 1.71 bits per heavy atom. The van der Waals surface area contributed by atoms with Crippen LogP contribution in [0.5, 0.6) is 0 Å². The second-order valence-electron chi connectivity index (χ2n) is 6.58. The van der Waals surface area contributed by atoms with Crippen molar-refractivity contribution in [2.45, 2.75) is 19.4 Å². The molecular weight excluding hydrogens is 483 g/mol. The maximum absolute atomic E-state index is 12.8. The first kappa shape index (κ1) is 23.3. The molecule has 1 fully saturated rings. The Balaban J connectivity index is 1.78. The predicted octanol–water partition coefficient (Wildman–Crippen LogP) is 4.14. The monoisotopic (exact) mass is 498 g/mol. The molecule has 162 valence electrons. The topological polar surface area (TPSA) is 81.8 Å². The Kier molecular flexibility index (Phi) is 7.38. The van der Waals surface area contributed by atoms with Gasteiger partial charge in [0.25, 0.3) is 11.8 Å². The number of nitrogens with one attached hydrogen (secondary N) is 2. The highest BCUT2D eigenvalue weighted by atomic mass is 35.5. The van der Waals surface area contributed by atoms with Crippen LogP contribution < -0.4 is 10.7 Å². The van der Waals surface area contributed by atoms with Gasteiger partial charge in [0.05, 0.1) is 17.0 Å². The van der Waals surface area contributed by atoms with Crippen LogP contribution in [0.4, 0.5) is 5.69 Å². The van der Waals surface area contributed by atoms with E-state index in [9.17, 15) is 14.4 Å². The number of likely N-dealkylation sites (N-methyl/N-ethyl adjacent to an activating group) is 1. The number of anilines is 1. The molecule has 1 atom stereocenters. The van der Waals surface area contributed by atoms with Crippen molar-refractivity contribution in [3.05, 3.63) is 63.1 Å². The molecule has 0 aliphatic carbocycles. The fourth-order valence-corrected chi connectivity index (χ4v) is 4.02. The fourth-order valence-electron chi connectivity index (χ4n) is 3.01. The minimum absolute atomic E-state index is 0.0928. The van der Waals surface area contributed by atoms with Crippen LogP contribution in [0.3, 0.4) is 0 Å². The lowest BCUT2D eigenvalue weighted by Gasteiger charge is -2.24. The van der Waals surface area contributed by atoms with Gasteiger partial charge >= 0.3 is 0 Å². The Labute approximate surface area is 199 Å². The zero-order valence-corrected chi connectivity index (χ0v) is 19.3. The van der Waals surface area contributed by atoms with E-state index in [1.54, 1.807) is 31.2 Å². The van der Waals surface area contributed by atoms with Gasteiger partial charge in [-0.15, -0.1) is 0 Å². The van der Waals surface area contributed by atoms with Gasteiger partial charge in [-0.1, -0.05) is 34.8 Å². The number of carbonyl (C=O) groups excluding carboxylic acids is 3. The average molecular weight is 500 g/mol. The Morgan fingerprint density at radius 3 is 2.32 bits per heavy atom. The summed E-state index contributed by atoms with van der Waals surface area (Å²) in [4.78, 5) is 39.5. The number of benzene rings is 2. The van der Waals surface area contributed by atoms with Crippen LogP contribution in [0.15, 0.2) is 42.5 Å². The molecule has 1 aliphatic rings. The maximum atomic E-state index is 12.8. The molecular formula is C20H17Cl3N4O3S. The van der Waals surface area contributed by atoms with E-state index in [1.165, 1.54) is 28.1 Å². The number of hydrogen-bond donors (Lipinski definition) is 2. The molecule has 7 nitrogen and oxygen atoms in total. The molecule has 1 saturated heterocycles. The van der Waals surface area contributed by atoms with Crippen LogP contribution in [-0.4, -0.2) is 45.3 Å². The molecule has 0 aromatic heterocycles. The Hall–Kier alpha value is -2.39. The summed E-state index contributed by atoms with van der Waals surface area (Å²) in [5.41, 5.74) is 3.27. The molecule has 1 heterocycles. The molecule has 0 spiro atoms. The molecule has 0 radical (unpaired) electrons. The van der Waals surface area contributed by atoms with Gasteiger partial charge in [0.2, 0.25) is 5.91 Å². The SMILES string of the molecule is CCN1C(=O)C(CC(=O)Nc2ccc(Cl)cc2)N(NC(=O)c2ccc(Cl)cc2Cl)C1=S. The quantitative estimate of drug-likeness (QED) is 0.584. The van der Waals surface area contributed by atoms with Crippen LogP contribution in [-0.2, 0) is 9.59 Å². The van der Waals surface area contributed by atoms with Crippen LogP contribution >= 0.6 is 47.0 Å². The number of hydrogen-bond acceptors (Lipinski definition) is 4. The number of rotatable bonds is 6. The molecule has 31 heavy (non-hydrogen) atoms. The number of amides is 3. The van der Waals surface area contributed by atoms with Crippen LogP contribution in [0.1, 0.15) is 23.7 Å². The number of nitrogens with zero attached hydrogens (tertiary/aromatic N) is 2. The summed E-state index contributed by atoms with van der Waals surface area (Å²) in [6.45, 7) is 2.04. The third-order valence-corrected chi connectivity index (χ3v) is 5.74. The first-order valence-electron chi connectivity index (χ1n) is 9.17. The zero-order chi connectivity index (χ0) is 22.7. The molecule has 1 unspecified atom stereocenters. The predicted molar refractivity (Wildman–Crippen MR) is 124 cm³/mol. The van der Waals surface area contributed by atoms with Crippen molar-refractivity contribution in [1.29, 1.82) is 0 Å². The van der Waals surface area contributed by atoms with Crippen LogP contribution in [0, 0.1) is 0 Å². The molecule has 0 saturated carbocycles. The van der Waals surface area contributed by atoms with Crippen molar-refractivity contribution in [1.82, 2.24) is 15.3 Å². The van der Waals surface area contributed by atoms with Crippen molar-refractivity contribution in [2.75, 3.05) is 11.9 Å². The van der Waals surface area contributed by atoms with E-state index in [1.807, 2.05) is 0 Å². The molecule has 1 aliphatic heterocycles. The van der Waals surface area contributed by atoms with Crippen LogP contribution in [0.2, 0.25) is 15.1 Å². The van der Waals surface area contributed by atoms with E-state index >= 15 is 0 Å². The Bertz CT molecular complexity index is 1050. The summed E-state index contributed by atoms with van der Waals surface area (Å²) >= 11 is 23.2. The average Bonchev–Trinajstić information content (AvgIpc) is 2.93. The van der Waals surface area contributed by atoms with Gasteiger partial charge in [0, 0.05) is 22.3 Å². The van der Waals surface area contributed by atoms with Gasteiger partial charge in [0.15, 0.2) is 5.11 Å². The summed E-state index contributed by atoms with van der Waals surface area (Å²) < 4.78 is 0. The smallest absolute Gasteiger partial charge is 0.271 e. The minimum atomic E-state index is -1.00. The number of hydrazine groups is 1. The van der Waals surface area contributed by atoms with E-state index in [0.717, 1.165) is 0 Å². The molecule has 2 aromatic rings. The summed E-state index contributed by atoms with van der Waals surface area (Å²) in [7, 11) is 0. The first-order valence-corrected chi connectivity index (χ1v) is 10.7. The first-order chi connectivity index (χ1) is 14.7. The van der Waals surface area contributed by atoms with E-state index in [4.69, 9.17) is 47.0 Å². The molecule has 2 N–H and O–H groups in total. The van der Waals surface area contributed by atoms with Crippen molar-refractivity contribution in [3.8, 4) is 0 Å². The second-order valence-corrected chi connectivity index (χ2v) is 8.22. The molecule has 3 amide bonds. The molecule has 0 bridgehead atoms. The summed E-state index contributed by atoms with van der Waals surface area (Å²) in [5, 5.41) is 5.06. The van der Waals surface area contributed by atoms with E-state index < -0.39 is 17.9 Å². The molecule has 11 heteroatoms. The summed E-state index contributed by atoms with van der Waals surface area (Å²) in [6.07, 6.45) is -0.229. The highest BCUT2D eigenvalue weighted by molar-refractivity contribution is 7.80. The number of thiocarbonyl (C=S) groups is 1. The fraction of sp³-hybridized carbons (Fsp3) is 0.200. The zero-order valence-electron chi connectivity index (χ0n) is 16.2. The van der Waals surface area contributed by atoms with Crippen LogP contribution in [0.25, 0.3) is 0 Å². The normalized spacial score (nSPS) is 15.9. The molecule has 3 rings (SSSR count). The third kappa shape index (κ3) is 5.27. The highest BCUT2D eigenvalue weighted by Crippen LogP contribution is 2.23. The van der Waals surface area contributed by atoms with Gasteiger partial charge in [-0.25, -0.2) is 5.01 Å². The van der Waals surface area contributed by atoms with Crippen molar-refractivity contribution < 1.29 is 14.4 Å². The minimum Gasteiger partial charge on any atom is -0.326 e. The van der Waals surface area contributed by atoms with Gasteiger partial charge in [-0.3, -0.25) is 24.7 Å². The van der Waals surface area contributed by atoms with Gasteiger partial charge in [0.1, 0.15) is 6.04 Å². The van der Waals surface area contributed by atoms with Crippen molar-refractivity contribution in [3.63, 3.8) is 0 Å². The van der Waals surface area contributed by atoms with E-state index in [2.05, 4.69) is 10.7 Å². The van der Waals surface area contributed by atoms with Crippen molar-refractivity contribution in [2.24, 2.45) is 0 Å². The third-order valence-electron chi connectivity index (χ3n) is 4.52. The largest absolute Gasteiger partial charge is 0.326 e. The van der Waals surface area contributed by atoms with E-state index in [0.29, 0.717) is 22.3 Å². The summed E-state index contributed by atoms with van der Waals surface area (Å²) in [6, 6.07) is 9.95. The summed E-state index contributed by atoms with van der Waals surface area (Å²) in [5.74, 6) is -1.40. The standard InChI is InChI=1S/C20H17Cl3N4O3S/c1-2-26-19(30)16(10-17(28)24-13-6-3-11(21)4-7-13)27(20(26)31)25-18(29)14-8-5-12(22)9-15(14)23/h3-9,16H,2,10H2,1H3,(H,24,28)(H,25,29). The number of carbonyl (C=O) groups is 3. The number of halogens is 3.